The molecule has 0 atom stereocenters. The number of fused-ring (bicyclic) bond motifs is 2. The van der Waals surface area contributed by atoms with Crippen LogP contribution in [0.1, 0.15) is 13.8 Å². The minimum Gasteiger partial charge on any atom is -0.350 e. The Balaban J connectivity index is 1.71. The number of hydrogen-bond donors (Lipinski definition) is 1. The maximum absolute atomic E-state index is 13.6. The van der Waals surface area contributed by atoms with Crippen molar-refractivity contribution in [2.45, 2.75) is 19.5 Å². The van der Waals surface area contributed by atoms with Gasteiger partial charge in [0, 0.05) is 29.7 Å². The average molecular weight is 360 g/mol. The maximum Gasteiger partial charge on any atom is 0.241 e. The standard InChI is InChI=1S/C16H15ClFN7/c1-16(2,18)9-22-14-19-6-12-11(3-4-25(12)23-14)10-5-20-15-21-7-13(17)24(15)8-10/h3-8H,9H2,1-2H3,(H,22,23). The van der Waals surface area contributed by atoms with E-state index in [1.807, 2.05) is 18.5 Å². The predicted octanol–water partition coefficient (Wildman–Crippen LogP) is 3.25. The molecule has 4 heterocycles. The number of imidazole rings is 1. The van der Waals surface area contributed by atoms with E-state index in [-0.39, 0.29) is 6.54 Å². The Hall–Kier alpha value is -2.74. The van der Waals surface area contributed by atoms with Crippen molar-refractivity contribution in [1.82, 2.24) is 29.0 Å². The molecule has 0 aliphatic heterocycles. The van der Waals surface area contributed by atoms with Gasteiger partial charge in [0.15, 0.2) is 0 Å². The molecule has 1 N–H and O–H groups in total. The summed E-state index contributed by atoms with van der Waals surface area (Å²) in [6.07, 6.45) is 8.66. The van der Waals surface area contributed by atoms with E-state index >= 15 is 0 Å². The zero-order valence-corrected chi connectivity index (χ0v) is 14.4. The fourth-order valence-electron chi connectivity index (χ4n) is 2.50. The number of nitrogens with zero attached hydrogens (tertiary/aromatic N) is 6. The van der Waals surface area contributed by atoms with Gasteiger partial charge in [-0.3, -0.25) is 4.40 Å². The number of hydrogen-bond acceptors (Lipinski definition) is 5. The highest BCUT2D eigenvalue weighted by Crippen LogP contribution is 2.25. The van der Waals surface area contributed by atoms with Crippen molar-refractivity contribution in [3.63, 3.8) is 0 Å². The van der Waals surface area contributed by atoms with Gasteiger partial charge in [-0.05, 0) is 19.9 Å². The average Bonchev–Trinajstić information content (AvgIpc) is 3.15. The summed E-state index contributed by atoms with van der Waals surface area (Å²) in [6, 6.07) is 1.92. The Labute approximate surface area is 147 Å². The van der Waals surface area contributed by atoms with E-state index in [2.05, 4.69) is 25.4 Å². The second-order valence-corrected chi connectivity index (χ2v) is 6.69. The molecule has 9 heteroatoms. The van der Waals surface area contributed by atoms with Crippen LogP contribution in [-0.4, -0.2) is 41.2 Å². The van der Waals surface area contributed by atoms with Crippen molar-refractivity contribution in [2.24, 2.45) is 0 Å². The van der Waals surface area contributed by atoms with E-state index in [0.717, 1.165) is 16.6 Å². The number of anilines is 1. The molecule has 0 saturated heterocycles. The molecule has 0 spiro atoms. The van der Waals surface area contributed by atoms with Gasteiger partial charge in [0.25, 0.3) is 0 Å². The van der Waals surface area contributed by atoms with Gasteiger partial charge in [-0.25, -0.2) is 23.9 Å². The summed E-state index contributed by atoms with van der Waals surface area (Å²) in [4.78, 5) is 12.7. The molecule has 0 bridgehead atoms. The van der Waals surface area contributed by atoms with Crippen LogP contribution in [0.15, 0.2) is 37.1 Å². The normalized spacial score (nSPS) is 12.2. The lowest BCUT2D eigenvalue weighted by Crippen LogP contribution is -2.25. The zero-order chi connectivity index (χ0) is 17.6. The van der Waals surface area contributed by atoms with Crippen molar-refractivity contribution in [1.29, 1.82) is 0 Å². The lowest BCUT2D eigenvalue weighted by molar-refractivity contribution is 0.234. The van der Waals surface area contributed by atoms with E-state index in [1.54, 1.807) is 27.5 Å². The van der Waals surface area contributed by atoms with Crippen molar-refractivity contribution in [2.75, 3.05) is 11.9 Å². The van der Waals surface area contributed by atoms with Crippen LogP contribution in [0.5, 0.6) is 0 Å². The number of alkyl halides is 1. The topological polar surface area (TPSA) is 72.4 Å². The van der Waals surface area contributed by atoms with E-state index in [9.17, 15) is 4.39 Å². The summed E-state index contributed by atoms with van der Waals surface area (Å²) in [5.41, 5.74) is 1.24. The fourth-order valence-corrected chi connectivity index (χ4v) is 2.67. The molecule has 4 rings (SSSR count). The molecule has 0 unspecified atom stereocenters. The molecule has 0 fully saturated rings. The zero-order valence-electron chi connectivity index (χ0n) is 13.6. The van der Waals surface area contributed by atoms with Crippen LogP contribution in [0.3, 0.4) is 0 Å². The summed E-state index contributed by atoms with van der Waals surface area (Å²) in [6.45, 7) is 3.12. The Bertz CT molecular complexity index is 1060. The van der Waals surface area contributed by atoms with Crippen molar-refractivity contribution in [3.05, 3.63) is 42.2 Å². The lowest BCUT2D eigenvalue weighted by Gasteiger charge is -2.14. The second-order valence-electron chi connectivity index (χ2n) is 6.31. The monoisotopic (exact) mass is 359 g/mol. The van der Waals surface area contributed by atoms with Gasteiger partial charge in [-0.2, -0.15) is 0 Å². The summed E-state index contributed by atoms with van der Waals surface area (Å²) in [7, 11) is 0. The summed E-state index contributed by atoms with van der Waals surface area (Å²) in [5, 5.41) is 7.74. The lowest BCUT2D eigenvalue weighted by atomic mass is 10.1. The Morgan fingerprint density at radius 1 is 1.20 bits per heavy atom. The first-order valence-corrected chi connectivity index (χ1v) is 8.05. The molecule has 25 heavy (non-hydrogen) atoms. The molecule has 0 radical (unpaired) electrons. The highest BCUT2D eigenvalue weighted by Gasteiger charge is 2.16. The van der Waals surface area contributed by atoms with E-state index in [4.69, 9.17) is 11.6 Å². The molecule has 4 aromatic rings. The summed E-state index contributed by atoms with van der Waals surface area (Å²) >= 11 is 6.11. The van der Waals surface area contributed by atoms with Crippen molar-refractivity contribution in [3.8, 4) is 11.1 Å². The number of rotatable bonds is 4. The maximum atomic E-state index is 13.6. The predicted molar refractivity (Wildman–Crippen MR) is 93.7 cm³/mol. The molecule has 0 saturated carbocycles. The van der Waals surface area contributed by atoms with Crippen molar-refractivity contribution >= 4 is 28.8 Å². The minimum absolute atomic E-state index is 0.131. The summed E-state index contributed by atoms with van der Waals surface area (Å²) in [5.74, 6) is 0.903. The van der Waals surface area contributed by atoms with Gasteiger partial charge in [0.1, 0.15) is 10.8 Å². The number of aromatic nitrogens is 6. The SMILES string of the molecule is CC(C)(F)CNc1ncc2c(-c3cnc4ncc(Cl)n4c3)ccn2n1. The minimum atomic E-state index is -1.34. The first kappa shape index (κ1) is 15.8. The van der Waals surface area contributed by atoms with E-state index in [0.29, 0.717) is 16.9 Å². The molecule has 0 aromatic carbocycles. The summed E-state index contributed by atoms with van der Waals surface area (Å²) < 4.78 is 17.0. The highest BCUT2D eigenvalue weighted by atomic mass is 35.5. The van der Waals surface area contributed by atoms with Crippen molar-refractivity contribution < 1.29 is 4.39 Å². The van der Waals surface area contributed by atoms with Crippen LogP contribution in [0, 0.1) is 0 Å². The third-order valence-electron chi connectivity index (χ3n) is 3.71. The van der Waals surface area contributed by atoms with E-state index in [1.165, 1.54) is 13.8 Å². The molecule has 0 aliphatic carbocycles. The Morgan fingerprint density at radius 2 is 2.00 bits per heavy atom. The molecular formula is C16H15ClFN7. The van der Waals surface area contributed by atoms with E-state index < -0.39 is 5.67 Å². The molecule has 0 amide bonds. The Kier molecular flexibility index (Phi) is 3.57. The molecule has 4 aromatic heterocycles. The Morgan fingerprint density at radius 3 is 2.80 bits per heavy atom. The van der Waals surface area contributed by atoms with Gasteiger partial charge >= 0.3 is 0 Å². The number of halogens is 2. The van der Waals surface area contributed by atoms with Gasteiger partial charge in [0.2, 0.25) is 11.7 Å². The first-order valence-electron chi connectivity index (χ1n) is 7.67. The van der Waals surface area contributed by atoms with Gasteiger partial charge in [0.05, 0.1) is 24.5 Å². The van der Waals surface area contributed by atoms with Gasteiger partial charge in [-0.15, -0.1) is 5.10 Å². The van der Waals surface area contributed by atoms with Crippen LogP contribution >= 0.6 is 11.6 Å². The highest BCUT2D eigenvalue weighted by molar-refractivity contribution is 6.29. The molecular weight excluding hydrogens is 345 g/mol. The quantitative estimate of drug-likeness (QED) is 0.605. The number of nitrogens with one attached hydrogen (secondary N) is 1. The van der Waals surface area contributed by atoms with Gasteiger partial charge in [-0.1, -0.05) is 11.6 Å². The molecule has 7 nitrogen and oxygen atoms in total. The van der Waals surface area contributed by atoms with Gasteiger partial charge < -0.3 is 5.32 Å². The van der Waals surface area contributed by atoms with Crippen LogP contribution < -0.4 is 5.32 Å². The fraction of sp³-hybridized carbons (Fsp3) is 0.250. The largest absolute Gasteiger partial charge is 0.350 e. The molecule has 128 valence electrons. The van der Waals surface area contributed by atoms with Crippen LogP contribution in [0.2, 0.25) is 5.15 Å². The third-order valence-corrected chi connectivity index (χ3v) is 3.99. The van der Waals surface area contributed by atoms with Crippen LogP contribution in [-0.2, 0) is 0 Å². The van der Waals surface area contributed by atoms with Crippen LogP contribution in [0.25, 0.3) is 22.4 Å². The second kappa shape index (κ2) is 5.66. The third kappa shape index (κ3) is 3.00. The smallest absolute Gasteiger partial charge is 0.241 e. The first-order chi connectivity index (χ1) is 11.9. The van der Waals surface area contributed by atoms with Crippen LogP contribution in [0.4, 0.5) is 10.3 Å². The molecule has 0 aliphatic rings.